The van der Waals surface area contributed by atoms with E-state index in [1.54, 1.807) is 0 Å². The predicted octanol–water partition coefficient (Wildman–Crippen LogP) is 32.9. The van der Waals surface area contributed by atoms with Gasteiger partial charge < -0.3 is 8.83 Å². The van der Waals surface area contributed by atoms with Gasteiger partial charge in [-0.25, -0.2) is 44.9 Å². The highest BCUT2D eigenvalue weighted by molar-refractivity contribution is 6.13. The Morgan fingerprint density at radius 1 is 0.142 bits per heavy atom. The second-order valence-electron chi connectivity index (χ2n) is 35.7. The summed E-state index contributed by atoms with van der Waals surface area (Å²) in [7, 11) is 0. The molecule has 0 N–H and O–H groups in total. The van der Waals surface area contributed by atoms with E-state index in [1.165, 1.54) is 88.5 Å². The normalized spacial score (nSPS) is 12.0. The largest absolute Gasteiger partial charge is 0.456 e. The van der Waals surface area contributed by atoms with E-state index in [-0.39, 0.29) is 0 Å². The standard InChI is InChI=1S/C50H31N3.C41H25N3O.C39H25N3O/c1-2-13-32(14-3-1)34-25-28-35(29-26-34)47-51-48(37-30-27-33-15-4-5-16-36(33)31-37)53-49(52-47)41-20-12-24-45-46(41)40-19-8-11-23-44(40)50(45)42-21-9-6-17-38(42)39-18-7-10-22-43(39)50;1-2-9-26(10-3-1)29-18-19-31-25-33(22-20-30(31)23-29)40-42-39(32-21-17-27-11-4-5-12-28(27)24-32)43-41(44-40)35-14-8-16-37-38(35)34-13-6-7-15-36(34)45-37;1-3-10-26(11-4-1)27-18-20-28(21-19-27)29-22-24-31(25-23-29)38-40-37(30-12-5-2-6-13-30)41-39(42-38)33-15-9-17-35-36(33)32-14-7-8-16-34(32)43-35/h1-31H;1-25H;1-25H. The predicted molar refractivity (Wildman–Crippen MR) is 574 cm³/mol. The van der Waals surface area contributed by atoms with Crippen molar-refractivity contribution < 1.29 is 8.83 Å². The van der Waals surface area contributed by atoms with Gasteiger partial charge in [-0.3, -0.25) is 0 Å². The number of hydrogen-bond donors (Lipinski definition) is 0. The molecule has 11 heteroatoms. The Balaban J connectivity index is 0.000000109. The molecule has 658 valence electrons. The molecule has 1 spiro atoms. The van der Waals surface area contributed by atoms with Gasteiger partial charge in [0.1, 0.15) is 22.3 Å². The fourth-order valence-corrected chi connectivity index (χ4v) is 20.7. The van der Waals surface area contributed by atoms with Crippen LogP contribution >= 0.6 is 0 Å². The number of nitrogens with zero attached hydrogens (tertiary/aromatic N) is 9. The van der Waals surface area contributed by atoms with E-state index in [0.717, 1.165) is 127 Å². The summed E-state index contributed by atoms with van der Waals surface area (Å²) in [5, 5.41) is 11.0. The van der Waals surface area contributed by atoms with Crippen LogP contribution < -0.4 is 0 Å². The Bertz CT molecular complexity index is 9310. The highest BCUT2D eigenvalue weighted by Gasteiger charge is 2.52. The SMILES string of the molecule is c1ccc(-c2ccc(-c3ccc(-c4nc(-c5ccccc5)nc(-c5cccc6oc7ccccc7c56)n4)cc3)cc2)cc1.c1ccc(-c2ccc(-c3nc(-c4ccc5ccccc5c4)nc(-c4cccc5c4-c4ccccc4C54c5ccccc5-c5ccccc54)n3)cc2)cc1.c1ccc(-c2ccc3cc(-c4nc(-c5ccc6ccccc6c5)nc(-c5cccc6oc7ccccc7c56)n4)ccc3c2)cc1. The van der Waals surface area contributed by atoms with Crippen molar-refractivity contribution in [1.29, 1.82) is 0 Å². The van der Waals surface area contributed by atoms with E-state index in [4.69, 9.17) is 53.7 Å². The molecular formula is C130H81N9O2. The zero-order chi connectivity index (χ0) is 93.3. The zero-order valence-electron chi connectivity index (χ0n) is 76.1. The van der Waals surface area contributed by atoms with Gasteiger partial charge in [-0.1, -0.05) is 443 Å². The molecule has 11 nitrogen and oxygen atoms in total. The fourth-order valence-electron chi connectivity index (χ4n) is 20.7. The first-order valence-corrected chi connectivity index (χ1v) is 47.4. The van der Waals surface area contributed by atoms with E-state index >= 15 is 0 Å². The Hall–Kier alpha value is -19.0. The van der Waals surface area contributed by atoms with E-state index in [0.29, 0.717) is 52.4 Å². The lowest BCUT2D eigenvalue weighted by Gasteiger charge is -2.30. The van der Waals surface area contributed by atoms with Gasteiger partial charge in [0.05, 0.1) is 5.41 Å². The molecule has 5 aromatic heterocycles. The van der Waals surface area contributed by atoms with Crippen LogP contribution in [-0.4, -0.2) is 44.9 Å². The molecular weight excluding hydrogens is 1720 g/mol. The maximum atomic E-state index is 6.21. The number of rotatable bonds is 13. The van der Waals surface area contributed by atoms with Crippen molar-refractivity contribution in [3.63, 3.8) is 0 Å². The zero-order valence-corrected chi connectivity index (χ0v) is 76.1. The Morgan fingerprint density at radius 2 is 0.383 bits per heavy atom. The molecule has 0 unspecified atom stereocenters. The highest BCUT2D eigenvalue weighted by atomic mass is 16.3. The van der Waals surface area contributed by atoms with Crippen LogP contribution in [0.5, 0.6) is 0 Å². The number of fused-ring (bicyclic) bond motifs is 19. The Kier molecular flexibility index (Phi) is 20.6. The van der Waals surface area contributed by atoms with Gasteiger partial charge in [-0.2, -0.15) is 0 Å². The topological polar surface area (TPSA) is 142 Å². The maximum Gasteiger partial charge on any atom is 0.164 e. The first-order valence-electron chi connectivity index (χ1n) is 47.4. The summed E-state index contributed by atoms with van der Waals surface area (Å²) in [5.74, 6) is 5.69. The van der Waals surface area contributed by atoms with Crippen molar-refractivity contribution in [2.75, 3.05) is 0 Å². The molecule has 0 saturated heterocycles. The minimum atomic E-state index is -0.445. The van der Waals surface area contributed by atoms with Crippen molar-refractivity contribution in [3.05, 3.63) is 514 Å². The van der Waals surface area contributed by atoms with Crippen LogP contribution in [-0.2, 0) is 5.41 Å². The average Bonchev–Trinajstić information content (AvgIpc) is 1.50. The molecule has 0 bridgehead atoms. The van der Waals surface area contributed by atoms with Crippen LogP contribution in [0.15, 0.2) is 500 Å². The number of aromatic nitrogens is 9. The van der Waals surface area contributed by atoms with Crippen molar-refractivity contribution >= 4 is 76.2 Å². The average molecular weight is 1800 g/mol. The molecule has 0 saturated carbocycles. The van der Waals surface area contributed by atoms with Gasteiger partial charge in [0.15, 0.2) is 52.4 Å². The number of hydrogen-bond acceptors (Lipinski definition) is 11. The smallest absolute Gasteiger partial charge is 0.164 e. The summed E-state index contributed by atoms with van der Waals surface area (Å²) in [5.41, 5.74) is 30.9. The molecule has 0 atom stereocenters. The lowest BCUT2D eigenvalue weighted by molar-refractivity contribution is 0.668. The van der Waals surface area contributed by atoms with Gasteiger partial charge in [0.25, 0.3) is 0 Å². The van der Waals surface area contributed by atoms with Crippen LogP contribution in [0.2, 0.25) is 0 Å². The lowest BCUT2D eigenvalue weighted by Crippen LogP contribution is -2.25. The van der Waals surface area contributed by atoms with Gasteiger partial charge in [0.2, 0.25) is 0 Å². The van der Waals surface area contributed by atoms with E-state index in [2.05, 4.69) is 382 Å². The van der Waals surface area contributed by atoms with Crippen LogP contribution in [0.4, 0.5) is 0 Å². The van der Waals surface area contributed by atoms with Gasteiger partial charge >= 0.3 is 0 Å². The molecule has 141 heavy (non-hydrogen) atoms. The monoisotopic (exact) mass is 1800 g/mol. The van der Waals surface area contributed by atoms with Gasteiger partial charge in [-0.15, -0.1) is 0 Å². The Morgan fingerprint density at radius 3 is 0.809 bits per heavy atom. The van der Waals surface area contributed by atoms with Crippen LogP contribution in [0.25, 0.3) is 245 Å². The molecule has 0 aliphatic heterocycles. The molecule has 0 radical (unpaired) electrons. The summed E-state index contributed by atoms with van der Waals surface area (Å²) >= 11 is 0. The van der Waals surface area contributed by atoms with Crippen molar-refractivity contribution in [3.8, 4) is 169 Å². The van der Waals surface area contributed by atoms with E-state index in [1.807, 2.05) is 109 Å². The molecule has 0 fully saturated rings. The van der Waals surface area contributed by atoms with Crippen LogP contribution in [0, 0.1) is 0 Å². The molecule has 0 amide bonds. The van der Waals surface area contributed by atoms with Crippen LogP contribution in [0.1, 0.15) is 22.3 Å². The maximum absolute atomic E-state index is 6.21. The summed E-state index contributed by atoms with van der Waals surface area (Å²) in [6, 6.07) is 171. The summed E-state index contributed by atoms with van der Waals surface area (Å²) in [4.78, 5) is 45.9. The van der Waals surface area contributed by atoms with Gasteiger partial charge in [-0.05, 0) is 170 Å². The Labute approximate surface area is 812 Å². The first kappa shape index (κ1) is 82.7. The molecule has 2 aliphatic rings. The van der Waals surface area contributed by atoms with Crippen molar-refractivity contribution in [1.82, 2.24) is 44.9 Å². The quantitative estimate of drug-likeness (QED) is 0.109. The summed E-state index contributed by atoms with van der Waals surface area (Å²) < 4.78 is 12.4. The molecule has 28 rings (SSSR count). The molecule has 5 heterocycles. The number of benzene rings is 21. The molecule has 26 aromatic rings. The second kappa shape index (κ2) is 35.1. The third kappa shape index (κ3) is 15.0. The number of para-hydroxylation sites is 2. The fraction of sp³-hybridized carbons (Fsp3) is 0.00769. The molecule has 2 aliphatic carbocycles. The number of furan rings is 2. The summed E-state index contributed by atoms with van der Waals surface area (Å²) in [6.07, 6.45) is 0. The van der Waals surface area contributed by atoms with Gasteiger partial charge in [0, 0.05) is 71.6 Å². The highest BCUT2D eigenvalue weighted by Crippen LogP contribution is 2.64. The second-order valence-corrected chi connectivity index (χ2v) is 35.7. The first-order chi connectivity index (χ1) is 69.8. The minimum Gasteiger partial charge on any atom is -0.456 e. The van der Waals surface area contributed by atoms with Crippen molar-refractivity contribution in [2.45, 2.75) is 5.41 Å². The molecule has 21 aromatic carbocycles. The van der Waals surface area contributed by atoms with E-state index < -0.39 is 5.41 Å². The summed E-state index contributed by atoms with van der Waals surface area (Å²) in [6.45, 7) is 0. The third-order valence-electron chi connectivity index (χ3n) is 27.4. The van der Waals surface area contributed by atoms with Crippen LogP contribution in [0.3, 0.4) is 0 Å². The third-order valence-corrected chi connectivity index (χ3v) is 27.4. The lowest BCUT2D eigenvalue weighted by atomic mass is 9.70. The minimum absolute atomic E-state index is 0.445. The van der Waals surface area contributed by atoms with Crippen molar-refractivity contribution in [2.24, 2.45) is 0 Å². The van der Waals surface area contributed by atoms with E-state index in [9.17, 15) is 0 Å².